The molecule has 2 aromatic carbocycles. The minimum Gasteiger partial charge on any atom is -0.461 e. The Hall–Kier alpha value is -3.60. The molecule has 4 aromatic rings. The molecule has 1 amide bonds. The van der Waals surface area contributed by atoms with Gasteiger partial charge in [-0.1, -0.05) is 24.3 Å². The van der Waals surface area contributed by atoms with Crippen LogP contribution in [0.3, 0.4) is 0 Å². The van der Waals surface area contributed by atoms with Crippen molar-refractivity contribution < 1.29 is 13.6 Å². The van der Waals surface area contributed by atoms with E-state index < -0.39 is 0 Å². The van der Waals surface area contributed by atoms with E-state index in [1.807, 2.05) is 42.5 Å². The van der Waals surface area contributed by atoms with E-state index in [2.05, 4.69) is 10.3 Å². The minimum atomic E-state index is -0.247. The largest absolute Gasteiger partial charge is 0.461 e. The monoisotopic (exact) mass is 328 g/mol. The molecule has 0 bridgehead atoms. The summed E-state index contributed by atoms with van der Waals surface area (Å²) in [4.78, 5) is 16.5. The molecule has 0 saturated heterocycles. The number of aliphatic imine (C=N–C) groups is 1. The quantitative estimate of drug-likeness (QED) is 0.563. The second kappa shape index (κ2) is 5.21. The van der Waals surface area contributed by atoms with Crippen LogP contribution in [0.25, 0.3) is 28.0 Å². The molecule has 0 saturated carbocycles. The first-order chi connectivity index (χ1) is 12.3. The number of nitrogens with one attached hydrogen (secondary N) is 1. The van der Waals surface area contributed by atoms with E-state index in [-0.39, 0.29) is 5.91 Å². The standard InChI is InChI=1S/C20H12N2O3/c23-20-15(21-19(22-20)18-6-3-9-24-18)11-12-7-8-17-14(10-12)13-4-1-2-5-16(13)25-17/h1-11H,(H,21,22,23). The van der Waals surface area contributed by atoms with Crippen LogP contribution >= 0.6 is 0 Å². The summed E-state index contributed by atoms with van der Waals surface area (Å²) in [6.07, 6.45) is 3.30. The third-order valence-electron chi connectivity index (χ3n) is 4.16. The average molecular weight is 328 g/mol. The van der Waals surface area contributed by atoms with Crippen LogP contribution in [0.15, 0.2) is 80.4 Å². The summed E-state index contributed by atoms with van der Waals surface area (Å²) in [5, 5.41) is 4.78. The molecule has 120 valence electrons. The fourth-order valence-electron chi connectivity index (χ4n) is 2.99. The van der Waals surface area contributed by atoms with Crippen LogP contribution in [-0.2, 0) is 4.79 Å². The molecule has 5 nitrogen and oxygen atoms in total. The van der Waals surface area contributed by atoms with Crippen molar-refractivity contribution >= 4 is 39.8 Å². The van der Waals surface area contributed by atoms with Crippen molar-refractivity contribution in [1.82, 2.24) is 5.32 Å². The smallest absolute Gasteiger partial charge is 0.275 e. The van der Waals surface area contributed by atoms with Crippen LogP contribution in [0, 0.1) is 0 Å². The number of carbonyl (C=O) groups excluding carboxylic acids is 1. The number of benzene rings is 2. The van der Waals surface area contributed by atoms with E-state index in [0.717, 1.165) is 27.5 Å². The summed E-state index contributed by atoms with van der Waals surface area (Å²) in [6, 6.07) is 17.2. The summed E-state index contributed by atoms with van der Waals surface area (Å²) in [5.74, 6) is 0.715. The van der Waals surface area contributed by atoms with Gasteiger partial charge in [0.15, 0.2) is 11.6 Å². The van der Waals surface area contributed by atoms with Gasteiger partial charge in [0.25, 0.3) is 5.91 Å². The van der Waals surface area contributed by atoms with E-state index in [0.29, 0.717) is 17.3 Å². The molecule has 5 rings (SSSR count). The van der Waals surface area contributed by atoms with Gasteiger partial charge >= 0.3 is 0 Å². The summed E-state index contributed by atoms with van der Waals surface area (Å²) >= 11 is 0. The van der Waals surface area contributed by atoms with Gasteiger partial charge in [-0.15, -0.1) is 0 Å². The summed E-state index contributed by atoms with van der Waals surface area (Å²) in [5.41, 5.74) is 2.89. The van der Waals surface area contributed by atoms with Gasteiger partial charge in [0.1, 0.15) is 16.9 Å². The second-order valence-electron chi connectivity index (χ2n) is 5.78. The number of amides is 1. The van der Waals surface area contributed by atoms with Crippen molar-refractivity contribution in [2.75, 3.05) is 0 Å². The molecular weight excluding hydrogens is 316 g/mol. The highest BCUT2D eigenvalue weighted by atomic mass is 16.3. The molecule has 0 spiro atoms. The first-order valence-corrected chi connectivity index (χ1v) is 7.85. The highest BCUT2D eigenvalue weighted by molar-refractivity contribution is 6.19. The first-order valence-electron chi connectivity index (χ1n) is 7.85. The van der Waals surface area contributed by atoms with Gasteiger partial charge in [-0.05, 0) is 42.0 Å². The molecular formula is C20H12N2O3. The Morgan fingerprint density at radius 2 is 1.84 bits per heavy atom. The molecule has 0 fully saturated rings. The summed E-state index contributed by atoms with van der Waals surface area (Å²) in [6.45, 7) is 0. The van der Waals surface area contributed by atoms with Crippen molar-refractivity contribution in [2.24, 2.45) is 4.99 Å². The van der Waals surface area contributed by atoms with Gasteiger partial charge < -0.3 is 14.2 Å². The van der Waals surface area contributed by atoms with Gasteiger partial charge in [-0.3, -0.25) is 4.79 Å². The lowest BCUT2D eigenvalue weighted by atomic mass is 10.1. The summed E-state index contributed by atoms with van der Waals surface area (Å²) < 4.78 is 11.1. The molecule has 0 atom stereocenters. The van der Waals surface area contributed by atoms with Crippen molar-refractivity contribution in [3.8, 4) is 0 Å². The maximum Gasteiger partial charge on any atom is 0.275 e. The zero-order valence-electron chi connectivity index (χ0n) is 13.0. The number of hydrogen-bond donors (Lipinski definition) is 1. The number of hydrogen-bond acceptors (Lipinski definition) is 4. The number of fused-ring (bicyclic) bond motifs is 3. The molecule has 0 aliphatic carbocycles. The maximum atomic E-state index is 12.2. The van der Waals surface area contributed by atoms with Crippen LogP contribution in [0.1, 0.15) is 11.3 Å². The van der Waals surface area contributed by atoms with Gasteiger partial charge in [-0.2, -0.15) is 0 Å². The highest BCUT2D eigenvalue weighted by Crippen LogP contribution is 2.30. The van der Waals surface area contributed by atoms with Gasteiger partial charge in [-0.25, -0.2) is 4.99 Å². The Morgan fingerprint density at radius 1 is 0.960 bits per heavy atom. The Morgan fingerprint density at radius 3 is 2.72 bits per heavy atom. The Balaban J connectivity index is 1.60. The van der Waals surface area contributed by atoms with Crippen molar-refractivity contribution in [2.45, 2.75) is 0 Å². The molecule has 1 aliphatic rings. The molecule has 1 aliphatic heterocycles. The van der Waals surface area contributed by atoms with Crippen LogP contribution < -0.4 is 5.32 Å². The fraction of sp³-hybridized carbons (Fsp3) is 0. The lowest BCUT2D eigenvalue weighted by molar-refractivity contribution is -0.115. The van der Waals surface area contributed by atoms with Crippen LogP contribution in [0.5, 0.6) is 0 Å². The molecule has 25 heavy (non-hydrogen) atoms. The fourth-order valence-corrected chi connectivity index (χ4v) is 2.99. The number of nitrogens with zero attached hydrogens (tertiary/aromatic N) is 1. The number of amidine groups is 1. The Kier molecular flexibility index (Phi) is 2.87. The van der Waals surface area contributed by atoms with Crippen molar-refractivity contribution in [3.63, 3.8) is 0 Å². The SMILES string of the molecule is O=C1NC(c2ccco2)=NC1=Cc1ccc2oc3ccccc3c2c1. The van der Waals surface area contributed by atoms with Gasteiger partial charge in [0.05, 0.1) is 6.26 Å². The van der Waals surface area contributed by atoms with E-state index >= 15 is 0 Å². The maximum absolute atomic E-state index is 12.2. The molecule has 1 N–H and O–H groups in total. The third-order valence-corrected chi connectivity index (χ3v) is 4.16. The zero-order valence-corrected chi connectivity index (χ0v) is 13.0. The minimum absolute atomic E-state index is 0.247. The van der Waals surface area contributed by atoms with Crippen LogP contribution in [0.2, 0.25) is 0 Å². The lowest BCUT2D eigenvalue weighted by Gasteiger charge is -1.96. The topological polar surface area (TPSA) is 67.7 Å². The van der Waals surface area contributed by atoms with Gasteiger partial charge in [0.2, 0.25) is 0 Å². The lowest BCUT2D eigenvalue weighted by Crippen LogP contribution is -2.24. The molecule has 3 heterocycles. The molecule has 0 radical (unpaired) electrons. The normalized spacial score (nSPS) is 15.9. The Bertz CT molecular complexity index is 1180. The van der Waals surface area contributed by atoms with E-state index in [1.54, 1.807) is 24.5 Å². The molecule has 2 aromatic heterocycles. The number of furan rings is 2. The number of para-hydroxylation sites is 1. The molecule has 5 heteroatoms. The first kappa shape index (κ1) is 13.8. The Labute approximate surface area is 142 Å². The van der Waals surface area contributed by atoms with E-state index in [4.69, 9.17) is 8.83 Å². The predicted octanol–water partition coefficient (Wildman–Crippen LogP) is 4.10. The number of carbonyl (C=O) groups is 1. The second-order valence-corrected chi connectivity index (χ2v) is 5.78. The summed E-state index contributed by atoms with van der Waals surface area (Å²) in [7, 11) is 0. The van der Waals surface area contributed by atoms with E-state index in [9.17, 15) is 4.79 Å². The molecule has 0 unspecified atom stereocenters. The van der Waals surface area contributed by atoms with Crippen LogP contribution in [0.4, 0.5) is 0 Å². The van der Waals surface area contributed by atoms with Gasteiger partial charge in [0, 0.05) is 10.8 Å². The average Bonchev–Trinajstić information content (AvgIpc) is 3.34. The van der Waals surface area contributed by atoms with E-state index in [1.165, 1.54) is 0 Å². The third kappa shape index (κ3) is 2.25. The zero-order chi connectivity index (χ0) is 16.8. The van der Waals surface area contributed by atoms with Crippen molar-refractivity contribution in [3.05, 3.63) is 77.9 Å². The predicted molar refractivity (Wildman–Crippen MR) is 95.1 cm³/mol. The van der Waals surface area contributed by atoms with Crippen molar-refractivity contribution in [1.29, 1.82) is 0 Å². The van der Waals surface area contributed by atoms with Crippen LogP contribution in [-0.4, -0.2) is 11.7 Å². The highest BCUT2D eigenvalue weighted by Gasteiger charge is 2.22. The number of rotatable bonds is 2.